The Morgan fingerprint density at radius 1 is 0.508 bits per heavy atom. The third-order valence-electron chi connectivity index (χ3n) is 14.7. The Bertz CT molecular complexity index is 2750. The fraction of sp³-hybridized carbons (Fsp3) is 0.439. The maximum Gasteiger partial charge on any atom is 0.297 e. The first-order valence-electron chi connectivity index (χ1n) is 22.9. The first kappa shape index (κ1) is 41.6. The average Bonchev–Trinajstić information content (AvgIpc) is 3.53. The second kappa shape index (κ2) is 13.2. The van der Waals surface area contributed by atoms with E-state index in [9.17, 15) is 0 Å². The molecule has 0 amide bonds. The molecule has 0 saturated carbocycles. The lowest BCUT2D eigenvalue weighted by molar-refractivity contribution is 0.332. The van der Waals surface area contributed by atoms with Gasteiger partial charge in [0.15, 0.2) is 0 Å². The van der Waals surface area contributed by atoms with Crippen LogP contribution in [-0.2, 0) is 32.5 Å². The van der Waals surface area contributed by atoms with Gasteiger partial charge in [0.05, 0.1) is 11.3 Å². The monoisotopic (exact) mass is 809 g/mol. The zero-order valence-corrected chi connectivity index (χ0v) is 40.4. The first-order valence-corrected chi connectivity index (χ1v) is 22.9. The minimum Gasteiger partial charge on any atom is -0.468 e. The lowest BCUT2D eigenvalue weighted by Crippen LogP contribution is -2.61. The summed E-state index contributed by atoms with van der Waals surface area (Å²) >= 11 is 0. The third kappa shape index (κ3) is 6.60. The van der Waals surface area contributed by atoms with Gasteiger partial charge in [0.2, 0.25) is 0 Å². The molecule has 6 aromatic rings. The second-order valence-electron chi connectivity index (χ2n) is 24.3. The van der Waals surface area contributed by atoms with Gasteiger partial charge in [-0.1, -0.05) is 147 Å². The predicted octanol–water partition coefficient (Wildman–Crippen LogP) is 14.4. The number of hydrogen-bond acceptors (Lipinski definition) is 3. The van der Waals surface area contributed by atoms with Crippen molar-refractivity contribution in [3.8, 4) is 0 Å². The predicted molar refractivity (Wildman–Crippen MR) is 265 cm³/mol. The standard InChI is InChI=1S/C57H69BN2O/c1-34-28-36(53(5,6)7)20-24-44(34)60-45-33-42-41(56(14,15)26-27-57(42,16)17)32-43(45)58-49-46(30-38(31-47(49)60)55(11,12)13)59(39-22-18-35(19-23-39)52(2,3)4)50-40-29-37(54(8,9)10)21-25-48(40)61-51(50)58/h18-25,28-33H,26-27H2,1-17H3. The molecule has 5 aromatic carbocycles. The lowest BCUT2D eigenvalue weighted by atomic mass is 9.35. The summed E-state index contributed by atoms with van der Waals surface area (Å²) in [5.41, 5.74) is 21.5. The molecule has 0 bridgehead atoms. The summed E-state index contributed by atoms with van der Waals surface area (Å²) in [6.07, 6.45) is 2.32. The average molecular weight is 809 g/mol. The molecular formula is C57H69BN2O. The molecule has 0 radical (unpaired) electrons. The van der Waals surface area contributed by atoms with Crippen molar-refractivity contribution in [2.24, 2.45) is 0 Å². The van der Waals surface area contributed by atoms with Crippen LogP contribution in [0.3, 0.4) is 0 Å². The van der Waals surface area contributed by atoms with Crippen LogP contribution in [0, 0.1) is 6.92 Å². The van der Waals surface area contributed by atoms with Crippen LogP contribution in [0.5, 0.6) is 0 Å². The van der Waals surface area contributed by atoms with E-state index < -0.39 is 0 Å². The fourth-order valence-corrected chi connectivity index (χ4v) is 10.5. The minimum absolute atomic E-state index is 0.0214. The molecule has 1 aromatic heterocycles. The highest BCUT2D eigenvalue weighted by Gasteiger charge is 2.49. The molecule has 3 nitrogen and oxygen atoms in total. The highest BCUT2D eigenvalue weighted by Crippen LogP contribution is 2.52. The van der Waals surface area contributed by atoms with Gasteiger partial charge >= 0.3 is 0 Å². The maximum absolute atomic E-state index is 7.39. The number of benzene rings is 5. The Balaban J connectivity index is 1.46. The fourth-order valence-electron chi connectivity index (χ4n) is 10.5. The molecule has 0 saturated heterocycles. The molecule has 316 valence electrons. The maximum atomic E-state index is 7.39. The Labute approximate surface area is 368 Å². The van der Waals surface area contributed by atoms with E-state index in [4.69, 9.17) is 4.42 Å². The van der Waals surface area contributed by atoms with Gasteiger partial charge in [0, 0.05) is 33.8 Å². The van der Waals surface area contributed by atoms with Gasteiger partial charge in [0.1, 0.15) is 5.58 Å². The summed E-state index contributed by atoms with van der Waals surface area (Å²) in [6.45, 7) is 40.0. The molecule has 0 unspecified atom stereocenters. The molecule has 0 fully saturated rings. The van der Waals surface area contributed by atoms with Crippen molar-refractivity contribution >= 4 is 68.4 Å². The van der Waals surface area contributed by atoms with Crippen molar-refractivity contribution in [2.45, 2.75) is 163 Å². The Morgan fingerprint density at radius 2 is 1.02 bits per heavy atom. The zero-order valence-electron chi connectivity index (χ0n) is 40.4. The quantitative estimate of drug-likeness (QED) is 0.162. The van der Waals surface area contributed by atoms with E-state index in [1.54, 1.807) is 0 Å². The van der Waals surface area contributed by atoms with Crippen LogP contribution in [-0.4, -0.2) is 6.71 Å². The third-order valence-corrected chi connectivity index (χ3v) is 14.7. The van der Waals surface area contributed by atoms with Gasteiger partial charge in [0.25, 0.3) is 6.71 Å². The minimum atomic E-state index is -0.111. The number of rotatable bonds is 2. The number of nitrogens with zero attached hydrogens (tertiary/aromatic N) is 2. The summed E-state index contributed by atoms with van der Waals surface area (Å²) in [7, 11) is 0. The van der Waals surface area contributed by atoms with E-state index in [0.717, 1.165) is 29.8 Å². The van der Waals surface area contributed by atoms with Gasteiger partial charge < -0.3 is 14.2 Å². The molecule has 0 spiro atoms. The number of aryl methyl sites for hydroxylation is 1. The summed E-state index contributed by atoms with van der Waals surface area (Å²) in [6, 6.07) is 33.8. The van der Waals surface area contributed by atoms with Crippen LogP contribution in [0.2, 0.25) is 0 Å². The van der Waals surface area contributed by atoms with Gasteiger partial charge in [-0.15, -0.1) is 0 Å². The number of fused-ring (bicyclic) bond motifs is 7. The molecular weight excluding hydrogens is 739 g/mol. The van der Waals surface area contributed by atoms with Gasteiger partial charge in [-0.2, -0.15) is 0 Å². The molecule has 3 aliphatic rings. The largest absolute Gasteiger partial charge is 0.468 e. The van der Waals surface area contributed by atoms with Crippen LogP contribution >= 0.6 is 0 Å². The van der Waals surface area contributed by atoms with E-state index >= 15 is 0 Å². The van der Waals surface area contributed by atoms with Crippen LogP contribution in [0.4, 0.5) is 34.1 Å². The SMILES string of the molecule is Cc1cc(C(C)(C)C)ccc1N1c2cc3c(cc2B2c4oc5ccc(C(C)(C)C)cc5c4N(c4ccc(C(C)(C)C)cc4)c4cc(C(C)(C)C)cc1c42)C(C)(C)CCC3(C)C. The topological polar surface area (TPSA) is 19.6 Å². The van der Waals surface area contributed by atoms with Gasteiger partial charge in [-0.05, 0) is 151 Å². The molecule has 0 N–H and O–H groups in total. The second-order valence-corrected chi connectivity index (χ2v) is 24.3. The molecule has 1 aliphatic carbocycles. The number of furan rings is 1. The molecule has 61 heavy (non-hydrogen) atoms. The Kier molecular flexibility index (Phi) is 8.99. The molecule has 2 aliphatic heterocycles. The van der Waals surface area contributed by atoms with E-state index in [2.05, 4.69) is 212 Å². The molecule has 3 heterocycles. The summed E-state index contributed by atoms with van der Waals surface area (Å²) in [5.74, 6) is 0. The Morgan fingerprint density at radius 3 is 1.57 bits per heavy atom. The highest BCUT2D eigenvalue weighted by atomic mass is 16.3. The van der Waals surface area contributed by atoms with E-state index in [1.165, 1.54) is 83.7 Å². The lowest BCUT2D eigenvalue weighted by Gasteiger charge is -2.47. The molecule has 9 rings (SSSR count). The first-order chi connectivity index (χ1) is 28.2. The zero-order chi connectivity index (χ0) is 44.1. The van der Waals surface area contributed by atoms with Crippen molar-refractivity contribution < 1.29 is 4.42 Å². The van der Waals surface area contributed by atoms with E-state index in [1.807, 2.05) is 0 Å². The van der Waals surface area contributed by atoms with E-state index in [0.29, 0.717) is 0 Å². The molecule has 4 heteroatoms. The summed E-state index contributed by atoms with van der Waals surface area (Å²) < 4.78 is 7.39. The van der Waals surface area contributed by atoms with Crippen molar-refractivity contribution in [3.63, 3.8) is 0 Å². The number of anilines is 6. The van der Waals surface area contributed by atoms with Crippen molar-refractivity contribution in [1.82, 2.24) is 0 Å². The Hall–Kier alpha value is -4.70. The van der Waals surface area contributed by atoms with Crippen LogP contribution in [0.25, 0.3) is 11.0 Å². The summed E-state index contributed by atoms with van der Waals surface area (Å²) in [5, 5.41) is 1.17. The van der Waals surface area contributed by atoms with E-state index in [-0.39, 0.29) is 39.2 Å². The van der Waals surface area contributed by atoms with Gasteiger partial charge in [-0.25, -0.2) is 0 Å². The van der Waals surface area contributed by atoms with Crippen molar-refractivity contribution in [3.05, 3.63) is 124 Å². The summed E-state index contributed by atoms with van der Waals surface area (Å²) in [4.78, 5) is 5.21. The van der Waals surface area contributed by atoms with Crippen LogP contribution < -0.4 is 26.4 Å². The van der Waals surface area contributed by atoms with Gasteiger partial charge in [-0.3, -0.25) is 0 Å². The number of hydrogen-bond donors (Lipinski definition) is 0. The molecule has 0 atom stereocenters. The van der Waals surface area contributed by atoms with Crippen LogP contribution in [0.1, 0.15) is 163 Å². The van der Waals surface area contributed by atoms with Crippen molar-refractivity contribution in [1.29, 1.82) is 0 Å². The van der Waals surface area contributed by atoms with Crippen LogP contribution in [0.15, 0.2) is 89.3 Å². The normalized spacial score (nSPS) is 17.0. The smallest absolute Gasteiger partial charge is 0.297 e. The highest BCUT2D eigenvalue weighted by molar-refractivity contribution is 7.00. The van der Waals surface area contributed by atoms with Crippen molar-refractivity contribution in [2.75, 3.05) is 9.80 Å².